The van der Waals surface area contributed by atoms with Crippen LogP contribution in [0.3, 0.4) is 0 Å². The van der Waals surface area contributed by atoms with Crippen molar-refractivity contribution < 1.29 is 14.3 Å². The van der Waals surface area contributed by atoms with E-state index in [0.29, 0.717) is 31.2 Å². The summed E-state index contributed by atoms with van der Waals surface area (Å²) in [5.74, 6) is 0.0793. The lowest BCUT2D eigenvalue weighted by Gasteiger charge is -2.38. The minimum absolute atomic E-state index is 0.0933. The second-order valence-electron chi connectivity index (χ2n) is 8.11. The Hall–Kier alpha value is -3.10. The van der Waals surface area contributed by atoms with Crippen LogP contribution in [-0.2, 0) is 26.3 Å². The molecule has 0 aliphatic carbocycles. The second kappa shape index (κ2) is 11.2. The zero-order valence-corrected chi connectivity index (χ0v) is 19.2. The molecule has 2 N–H and O–H groups in total. The number of ether oxygens (including phenoxy) is 1. The second-order valence-corrected chi connectivity index (χ2v) is 9.16. The van der Waals surface area contributed by atoms with Crippen LogP contribution < -0.4 is 10.6 Å². The first kappa shape index (κ1) is 23.1. The average molecular weight is 465 g/mol. The van der Waals surface area contributed by atoms with Crippen molar-refractivity contribution >= 4 is 29.3 Å². The molecule has 3 aromatic rings. The summed E-state index contributed by atoms with van der Waals surface area (Å²) < 4.78 is 7.10. The van der Waals surface area contributed by atoms with Gasteiger partial charge in [-0.2, -0.15) is 5.10 Å². The van der Waals surface area contributed by atoms with Crippen LogP contribution in [-0.4, -0.2) is 47.1 Å². The van der Waals surface area contributed by atoms with Gasteiger partial charge in [0.25, 0.3) is 0 Å². The van der Waals surface area contributed by atoms with Crippen molar-refractivity contribution in [3.8, 4) is 0 Å². The molecule has 33 heavy (non-hydrogen) atoms. The van der Waals surface area contributed by atoms with Gasteiger partial charge in [-0.05, 0) is 30.5 Å². The number of aromatic nitrogens is 2. The van der Waals surface area contributed by atoms with E-state index in [9.17, 15) is 9.59 Å². The molecule has 1 aliphatic rings. The summed E-state index contributed by atoms with van der Waals surface area (Å²) >= 11 is 1.47. The van der Waals surface area contributed by atoms with Gasteiger partial charge in [-0.1, -0.05) is 48.5 Å². The fourth-order valence-corrected chi connectivity index (χ4v) is 4.69. The highest BCUT2D eigenvalue weighted by Gasteiger charge is 2.34. The number of amides is 2. The van der Waals surface area contributed by atoms with Crippen LogP contribution in [0, 0.1) is 0 Å². The van der Waals surface area contributed by atoms with Crippen molar-refractivity contribution in [2.24, 2.45) is 0 Å². The number of benzene rings is 2. The van der Waals surface area contributed by atoms with Crippen LogP contribution in [0.15, 0.2) is 78.0 Å². The Bertz CT molecular complexity index is 1050. The summed E-state index contributed by atoms with van der Waals surface area (Å²) in [5.41, 5.74) is 1.69. The highest BCUT2D eigenvalue weighted by Crippen LogP contribution is 2.34. The van der Waals surface area contributed by atoms with E-state index in [-0.39, 0.29) is 23.8 Å². The maximum Gasteiger partial charge on any atom is 0.241 e. The number of hydrogen-bond donors (Lipinski definition) is 2. The quantitative estimate of drug-likeness (QED) is 0.474. The fourth-order valence-electron chi connectivity index (χ4n) is 3.97. The predicted octanol–water partition coefficient (Wildman–Crippen LogP) is 3.48. The van der Waals surface area contributed by atoms with Crippen molar-refractivity contribution in [2.75, 3.05) is 30.8 Å². The molecular formula is C25H28N4O3S. The molecule has 1 fully saturated rings. The largest absolute Gasteiger partial charge is 0.381 e. The summed E-state index contributed by atoms with van der Waals surface area (Å²) in [6.45, 7) is 2.03. The Balaban J connectivity index is 1.27. The number of anilines is 1. The summed E-state index contributed by atoms with van der Waals surface area (Å²) in [6, 6.07) is 20.1. The number of hydrogen-bond acceptors (Lipinski definition) is 5. The van der Waals surface area contributed by atoms with E-state index in [1.54, 1.807) is 12.4 Å². The Morgan fingerprint density at radius 3 is 2.42 bits per heavy atom. The van der Waals surface area contributed by atoms with Gasteiger partial charge in [0.1, 0.15) is 6.54 Å². The first-order chi connectivity index (χ1) is 16.1. The molecule has 172 valence electrons. The highest BCUT2D eigenvalue weighted by molar-refractivity contribution is 8.00. The van der Waals surface area contributed by atoms with E-state index in [1.807, 2.05) is 48.5 Å². The van der Waals surface area contributed by atoms with E-state index in [4.69, 9.17) is 4.74 Å². The molecular weight excluding hydrogens is 436 g/mol. The third-order valence-electron chi connectivity index (χ3n) is 5.80. The molecule has 4 rings (SSSR count). The maximum absolute atomic E-state index is 12.6. The molecule has 1 aromatic heterocycles. The van der Waals surface area contributed by atoms with Gasteiger partial charge in [0.2, 0.25) is 11.8 Å². The molecule has 1 saturated heterocycles. The Labute approximate surface area is 197 Å². The van der Waals surface area contributed by atoms with Crippen molar-refractivity contribution in [1.82, 2.24) is 15.1 Å². The van der Waals surface area contributed by atoms with Crippen LogP contribution in [0.2, 0.25) is 0 Å². The van der Waals surface area contributed by atoms with Crippen LogP contribution in [0.5, 0.6) is 0 Å². The number of rotatable bonds is 9. The van der Waals surface area contributed by atoms with Gasteiger partial charge in [0, 0.05) is 36.3 Å². The SMILES string of the molecule is O=C(Cn1cc(NC(=O)CSc2ccccc2)cn1)NCC1(c2ccccc2)CCOCC1. The lowest BCUT2D eigenvalue weighted by molar-refractivity contribution is -0.122. The smallest absolute Gasteiger partial charge is 0.241 e. The fraction of sp³-hybridized carbons (Fsp3) is 0.320. The zero-order valence-electron chi connectivity index (χ0n) is 18.4. The average Bonchev–Trinajstić information content (AvgIpc) is 3.29. The monoisotopic (exact) mass is 464 g/mol. The molecule has 7 nitrogen and oxygen atoms in total. The molecule has 2 heterocycles. The van der Waals surface area contributed by atoms with Crippen molar-refractivity contribution in [3.63, 3.8) is 0 Å². The van der Waals surface area contributed by atoms with Crippen LogP contribution in [0.1, 0.15) is 18.4 Å². The normalized spacial score (nSPS) is 15.0. The molecule has 0 saturated carbocycles. The standard InChI is InChI=1S/C25H28N4O3S/c30-23(26-19-25(11-13-32-14-12-25)20-7-3-1-4-8-20)17-29-16-21(15-27-29)28-24(31)18-33-22-9-5-2-6-10-22/h1-10,15-16H,11-14,17-19H2,(H,26,30)(H,28,31). The van der Waals surface area contributed by atoms with Gasteiger partial charge < -0.3 is 15.4 Å². The van der Waals surface area contributed by atoms with E-state index < -0.39 is 0 Å². The van der Waals surface area contributed by atoms with E-state index in [1.165, 1.54) is 22.0 Å². The van der Waals surface area contributed by atoms with Crippen LogP contribution in [0.4, 0.5) is 5.69 Å². The van der Waals surface area contributed by atoms with E-state index in [2.05, 4.69) is 27.9 Å². The van der Waals surface area contributed by atoms with Crippen LogP contribution >= 0.6 is 11.8 Å². The zero-order chi connectivity index (χ0) is 22.9. The Morgan fingerprint density at radius 2 is 1.70 bits per heavy atom. The summed E-state index contributed by atoms with van der Waals surface area (Å²) in [5, 5.41) is 10.1. The van der Waals surface area contributed by atoms with E-state index >= 15 is 0 Å². The number of nitrogens with one attached hydrogen (secondary N) is 2. The first-order valence-corrected chi connectivity index (χ1v) is 12.0. The lowest BCUT2D eigenvalue weighted by atomic mass is 9.74. The maximum atomic E-state index is 12.6. The number of thioether (sulfide) groups is 1. The van der Waals surface area contributed by atoms with Crippen molar-refractivity contribution in [2.45, 2.75) is 29.7 Å². The highest BCUT2D eigenvalue weighted by atomic mass is 32.2. The van der Waals surface area contributed by atoms with Gasteiger partial charge in [-0.15, -0.1) is 11.8 Å². The Kier molecular flexibility index (Phi) is 7.80. The summed E-state index contributed by atoms with van der Waals surface area (Å²) in [4.78, 5) is 25.9. The number of carbonyl (C=O) groups excluding carboxylic acids is 2. The molecule has 0 unspecified atom stereocenters. The summed E-state index contributed by atoms with van der Waals surface area (Å²) in [7, 11) is 0. The summed E-state index contributed by atoms with van der Waals surface area (Å²) in [6.07, 6.45) is 4.97. The number of carbonyl (C=O) groups is 2. The lowest BCUT2D eigenvalue weighted by Crippen LogP contribution is -2.45. The molecule has 0 atom stereocenters. The molecule has 0 bridgehead atoms. The molecule has 0 spiro atoms. The van der Waals surface area contributed by atoms with Gasteiger partial charge >= 0.3 is 0 Å². The van der Waals surface area contributed by atoms with Crippen LogP contribution in [0.25, 0.3) is 0 Å². The molecule has 8 heteroatoms. The molecule has 0 radical (unpaired) electrons. The van der Waals surface area contributed by atoms with Crippen molar-refractivity contribution in [3.05, 3.63) is 78.6 Å². The number of nitrogens with zero attached hydrogens (tertiary/aromatic N) is 2. The third kappa shape index (κ3) is 6.46. The predicted molar refractivity (Wildman–Crippen MR) is 129 cm³/mol. The van der Waals surface area contributed by atoms with Gasteiger partial charge in [0.05, 0.1) is 17.6 Å². The molecule has 2 amide bonds. The topological polar surface area (TPSA) is 85.2 Å². The van der Waals surface area contributed by atoms with Gasteiger partial charge in [-0.25, -0.2) is 0 Å². The minimum atomic E-state index is -0.116. The molecule has 2 aromatic carbocycles. The van der Waals surface area contributed by atoms with Gasteiger partial charge in [0.15, 0.2) is 0 Å². The van der Waals surface area contributed by atoms with Crippen molar-refractivity contribution in [1.29, 1.82) is 0 Å². The molecule has 1 aliphatic heterocycles. The third-order valence-corrected chi connectivity index (χ3v) is 6.81. The van der Waals surface area contributed by atoms with Gasteiger partial charge in [-0.3, -0.25) is 14.3 Å². The van der Waals surface area contributed by atoms with E-state index in [0.717, 1.165) is 17.7 Å². The minimum Gasteiger partial charge on any atom is -0.381 e. The Morgan fingerprint density at radius 1 is 1.00 bits per heavy atom. The first-order valence-electron chi connectivity index (χ1n) is 11.0.